The lowest BCUT2D eigenvalue weighted by molar-refractivity contribution is -0.121. The molecule has 0 unspecified atom stereocenters. The highest BCUT2D eigenvalue weighted by molar-refractivity contribution is 5.75. The van der Waals surface area contributed by atoms with Gasteiger partial charge in [0.15, 0.2) is 0 Å². The van der Waals surface area contributed by atoms with Crippen LogP contribution in [0.2, 0.25) is 0 Å². The minimum atomic E-state index is 0.216. The molecule has 26 heavy (non-hydrogen) atoms. The Bertz CT molecular complexity index is 455. The summed E-state index contributed by atoms with van der Waals surface area (Å²) in [6.07, 6.45) is 31.3. The summed E-state index contributed by atoms with van der Waals surface area (Å²) in [6, 6.07) is 0. The summed E-state index contributed by atoms with van der Waals surface area (Å²) in [7, 11) is 0. The Morgan fingerprint density at radius 1 is 0.808 bits per heavy atom. The molecule has 1 N–H and O–H groups in total. The van der Waals surface area contributed by atoms with Crippen molar-refractivity contribution >= 4 is 5.91 Å². The Kier molecular flexibility index (Phi) is 14.6. The molecule has 1 amide bonds. The van der Waals surface area contributed by atoms with E-state index in [-0.39, 0.29) is 5.91 Å². The number of unbranched alkanes of at least 4 members (excludes halogenated alkanes) is 4. The predicted octanol–water partition coefficient (Wildman–Crippen LogP) is 6.66. The van der Waals surface area contributed by atoms with Crippen LogP contribution in [0.25, 0.3) is 0 Å². The molecule has 0 aliphatic heterocycles. The molecule has 0 heterocycles. The molecule has 1 rings (SSSR count). The third kappa shape index (κ3) is 15.9. The molecule has 1 aliphatic rings. The Balaban J connectivity index is 1.86. The van der Waals surface area contributed by atoms with Crippen LogP contribution in [0.5, 0.6) is 0 Å². The first-order chi connectivity index (χ1) is 12.8. The van der Waals surface area contributed by atoms with E-state index in [9.17, 15) is 4.79 Å². The minimum absolute atomic E-state index is 0.216. The van der Waals surface area contributed by atoms with Crippen LogP contribution in [0.3, 0.4) is 0 Å². The molecule has 0 spiro atoms. The molecule has 0 atom stereocenters. The molecule has 0 radical (unpaired) electrons. The van der Waals surface area contributed by atoms with E-state index in [0.29, 0.717) is 6.42 Å². The van der Waals surface area contributed by atoms with Crippen LogP contribution in [0.1, 0.15) is 84.0 Å². The number of allylic oxidation sites excluding steroid dienone is 8. The summed E-state index contributed by atoms with van der Waals surface area (Å²) in [5.41, 5.74) is 0. The van der Waals surface area contributed by atoms with E-state index in [1.807, 2.05) is 0 Å². The topological polar surface area (TPSA) is 29.1 Å². The third-order valence-corrected chi connectivity index (χ3v) is 4.52. The minimum Gasteiger partial charge on any atom is -0.356 e. The Morgan fingerprint density at radius 2 is 1.35 bits per heavy atom. The normalized spacial score (nSPS) is 15.1. The number of rotatable bonds is 16. The first-order valence-electron chi connectivity index (χ1n) is 10.7. The molecule has 1 saturated carbocycles. The molecule has 0 aromatic carbocycles. The summed E-state index contributed by atoms with van der Waals surface area (Å²) in [4.78, 5) is 11.6. The maximum absolute atomic E-state index is 11.6. The summed E-state index contributed by atoms with van der Waals surface area (Å²) in [6.45, 7) is 3.14. The highest BCUT2D eigenvalue weighted by Crippen LogP contribution is 2.27. The number of amides is 1. The molecule has 0 aromatic rings. The molecule has 0 bridgehead atoms. The number of hydrogen-bond acceptors (Lipinski definition) is 1. The highest BCUT2D eigenvalue weighted by Gasteiger charge is 2.21. The first kappa shape index (κ1) is 22.5. The van der Waals surface area contributed by atoms with Crippen molar-refractivity contribution < 1.29 is 4.79 Å². The number of hydrogen-bond donors (Lipinski definition) is 1. The lowest BCUT2D eigenvalue weighted by Crippen LogP contribution is -2.24. The monoisotopic (exact) mass is 357 g/mol. The molecule has 2 nitrogen and oxygen atoms in total. The van der Waals surface area contributed by atoms with Crippen LogP contribution in [0, 0.1) is 5.92 Å². The van der Waals surface area contributed by atoms with E-state index < -0.39 is 0 Å². The maximum atomic E-state index is 11.6. The van der Waals surface area contributed by atoms with Crippen molar-refractivity contribution in [3.8, 4) is 0 Å². The zero-order chi connectivity index (χ0) is 18.7. The number of carbonyl (C=O) groups excluding carboxylic acids is 1. The van der Waals surface area contributed by atoms with Crippen molar-refractivity contribution in [2.75, 3.05) is 6.54 Å². The fraction of sp³-hybridized carbons (Fsp3) is 0.625. The van der Waals surface area contributed by atoms with Crippen LogP contribution < -0.4 is 5.32 Å². The van der Waals surface area contributed by atoms with Gasteiger partial charge < -0.3 is 5.32 Å². The molecular weight excluding hydrogens is 318 g/mol. The van der Waals surface area contributed by atoms with Gasteiger partial charge in [-0.3, -0.25) is 4.79 Å². The van der Waals surface area contributed by atoms with Crippen LogP contribution >= 0.6 is 0 Å². The largest absolute Gasteiger partial charge is 0.356 e. The zero-order valence-electron chi connectivity index (χ0n) is 16.8. The van der Waals surface area contributed by atoms with Crippen molar-refractivity contribution in [3.05, 3.63) is 48.6 Å². The van der Waals surface area contributed by atoms with Crippen molar-refractivity contribution in [1.29, 1.82) is 0 Å². The predicted molar refractivity (Wildman–Crippen MR) is 114 cm³/mol. The number of carbonyl (C=O) groups is 1. The summed E-state index contributed by atoms with van der Waals surface area (Å²) in [5.74, 6) is 0.986. The van der Waals surface area contributed by atoms with Crippen LogP contribution in [-0.2, 0) is 4.79 Å². The van der Waals surface area contributed by atoms with Gasteiger partial charge in [-0.25, -0.2) is 0 Å². The average Bonchev–Trinajstić information content (AvgIpc) is 3.47. The van der Waals surface area contributed by atoms with E-state index in [1.165, 1.54) is 38.5 Å². The molecule has 1 aliphatic carbocycles. The van der Waals surface area contributed by atoms with Crippen molar-refractivity contribution in [2.45, 2.75) is 84.0 Å². The second-order valence-corrected chi connectivity index (χ2v) is 7.23. The van der Waals surface area contributed by atoms with Gasteiger partial charge in [0.2, 0.25) is 5.91 Å². The summed E-state index contributed by atoms with van der Waals surface area (Å²) in [5, 5.41) is 3.01. The van der Waals surface area contributed by atoms with Gasteiger partial charge in [-0.1, -0.05) is 68.4 Å². The maximum Gasteiger partial charge on any atom is 0.220 e. The van der Waals surface area contributed by atoms with Gasteiger partial charge >= 0.3 is 0 Å². The summed E-state index contributed by atoms with van der Waals surface area (Å²) < 4.78 is 0. The second kappa shape index (κ2) is 16.9. The van der Waals surface area contributed by atoms with Gasteiger partial charge in [-0.15, -0.1) is 0 Å². The standard InChI is InChI=1S/C24H39NO/c1-2-3-4-5-6-7-8-9-10-11-12-13-14-15-16-17-18-19-24(26)25-22-23-20-21-23/h6-7,9-10,12-13,15-16,23H,2-5,8,11,14,17-22H2,1H3,(H,25,26)/b7-6-,10-9-,13-12-,16-15-. The SMILES string of the molecule is CCCCC/C=C\C/C=C\C/C=C\C/C=C\CCCC(=O)NCC1CC1. The molecule has 146 valence electrons. The second-order valence-electron chi connectivity index (χ2n) is 7.23. The van der Waals surface area contributed by atoms with Gasteiger partial charge in [0.05, 0.1) is 0 Å². The number of nitrogens with one attached hydrogen (secondary N) is 1. The van der Waals surface area contributed by atoms with Crippen molar-refractivity contribution in [3.63, 3.8) is 0 Å². The van der Waals surface area contributed by atoms with E-state index >= 15 is 0 Å². The van der Waals surface area contributed by atoms with E-state index in [0.717, 1.165) is 44.6 Å². The first-order valence-corrected chi connectivity index (χ1v) is 10.7. The quantitative estimate of drug-likeness (QED) is 0.243. The van der Waals surface area contributed by atoms with E-state index in [1.54, 1.807) is 0 Å². The van der Waals surface area contributed by atoms with Gasteiger partial charge in [0, 0.05) is 13.0 Å². The molecule has 1 fully saturated rings. The van der Waals surface area contributed by atoms with E-state index in [2.05, 4.69) is 60.8 Å². The highest BCUT2D eigenvalue weighted by atomic mass is 16.1. The van der Waals surface area contributed by atoms with Crippen LogP contribution in [0.15, 0.2) is 48.6 Å². The van der Waals surface area contributed by atoms with Gasteiger partial charge in [0.25, 0.3) is 0 Å². The summed E-state index contributed by atoms with van der Waals surface area (Å²) >= 11 is 0. The Hall–Kier alpha value is -1.57. The van der Waals surface area contributed by atoms with Crippen molar-refractivity contribution in [2.24, 2.45) is 5.92 Å². The average molecular weight is 358 g/mol. The molecular formula is C24H39NO. The van der Waals surface area contributed by atoms with Gasteiger partial charge in [-0.05, 0) is 63.7 Å². The molecule has 0 saturated heterocycles. The molecule has 2 heteroatoms. The fourth-order valence-corrected chi connectivity index (χ4v) is 2.61. The lowest BCUT2D eigenvalue weighted by Gasteiger charge is -2.02. The van der Waals surface area contributed by atoms with Crippen LogP contribution in [0.4, 0.5) is 0 Å². The van der Waals surface area contributed by atoms with E-state index in [4.69, 9.17) is 0 Å². The lowest BCUT2D eigenvalue weighted by atomic mass is 10.2. The smallest absolute Gasteiger partial charge is 0.220 e. The molecule has 0 aromatic heterocycles. The zero-order valence-corrected chi connectivity index (χ0v) is 16.8. The van der Waals surface area contributed by atoms with Gasteiger partial charge in [0.1, 0.15) is 0 Å². The third-order valence-electron chi connectivity index (χ3n) is 4.52. The Labute approximate surface area is 161 Å². The Morgan fingerprint density at radius 3 is 1.88 bits per heavy atom. The van der Waals surface area contributed by atoms with Crippen molar-refractivity contribution in [1.82, 2.24) is 5.32 Å². The fourth-order valence-electron chi connectivity index (χ4n) is 2.61. The van der Waals surface area contributed by atoms with Gasteiger partial charge in [-0.2, -0.15) is 0 Å². The van der Waals surface area contributed by atoms with Crippen LogP contribution in [-0.4, -0.2) is 12.5 Å².